The Labute approximate surface area is 102 Å². The normalized spacial score (nSPS) is 13.9. The van der Waals surface area contributed by atoms with Crippen molar-refractivity contribution in [2.75, 3.05) is 0 Å². The summed E-state index contributed by atoms with van der Waals surface area (Å²) in [6.45, 7) is 0. The van der Waals surface area contributed by atoms with Gasteiger partial charge in [-0.25, -0.2) is 4.21 Å². The average Bonchev–Trinajstić information content (AvgIpc) is 2.68. The van der Waals surface area contributed by atoms with Crippen molar-refractivity contribution in [3.63, 3.8) is 0 Å². The van der Waals surface area contributed by atoms with Gasteiger partial charge in [-0.15, -0.1) is 0 Å². The van der Waals surface area contributed by atoms with Gasteiger partial charge in [0.15, 0.2) is 0 Å². The van der Waals surface area contributed by atoms with Gasteiger partial charge in [-0.1, -0.05) is 36.4 Å². The molecule has 4 heteroatoms. The van der Waals surface area contributed by atoms with Crippen LogP contribution in [0.15, 0.2) is 42.5 Å². The minimum Gasteiger partial charge on any atom is -0.740 e. The van der Waals surface area contributed by atoms with E-state index in [1.54, 1.807) is 6.07 Å². The third-order valence-electron chi connectivity index (χ3n) is 2.97. The highest BCUT2D eigenvalue weighted by Gasteiger charge is 2.21. The molecule has 0 heterocycles. The van der Waals surface area contributed by atoms with Gasteiger partial charge < -0.3 is 8.74 Å². The SMILES string of the molecule is O=S([O-])Oc1cccc2c1Cc1ccccc1-2. The zero-order chi connectivity index (χ0) is 11.8. The lowest BCUT2D eigenvalue weighted by Crippen LogP contribution is -2.00. The molecule has 0 bridgehead atoms. The van der Waals surface area contributed by atoms with Gasteiger partial charge in [0.2, 0.25) is 0 Å². The zero-order valence-electron chi connectivity index (χ0n) is 8.88. The molecule has 0 fully saturated rings. The van der Waals surface area contributed by atoms with E-state index >= 15 is 0 Å². The summed E-state index contributed by atoms with van der Waals surface area (Å²) in [5, 5.41) is 0. The summed E-state index contributed by atoms with van der Waals surface area (Å²) in [6, 6.07) is 13.5. The predicted octanol–water partition coefficient (Wildman–Crippen LogP) is 2.43. The maximum atomic E-state index is 10.6. The molecule has 0 radical (unpaired) electrons. The van der Waals surface area contributed by atoms with E-state index < -0.39 is 11.4 Å². The van der Waals surface area contributed by atoms with Crippen molar-refractivity contribution < 1.29 is 12.9 Å². The first-order chi connectivity index (χ1) is 8.25. The average molecular weight is 245 g/mol. The monoisotopic (exact) mass is 245 g/mol. The van der Waals surface area contributed by atoms with Crippen LogP contribution in [0.2, 0.25) is 0 Å². The highest BCUT2D eigenvalue weighted by Crippen LogP contribution is 2.40. The van der Waals surface area contributed by atoms with Crippen molar-refractivity contribution in [1.29, 1.82) is 0 Å². The quantitative estimate of drug-likeness (QED) is 0.651. The van der Waals surface area contributed by atoms with Crippen LogP contribution in [-0.4, -0.2) is 8.76 Å². The lowest BCUT2D eigenvalue weighted by Gasteiger charge is -2.11. The van der Waals surface area contributed by atoms with Gasteiger partial charge in [0.1, 0.15) is 17.1 Å². The lowest BCUT2D eigenvalue weighted by atomic mass is 10.1. The van der Waals surface area contributed by atoms with E-state index in [1.165, 1.54) is 5.56 Å². The minimum absolute atomic E-state index is 0.423. The van der Waals surface area contributed by atoms with Crippen molar-refractivity contribution in [1.82, 2.24) is 0 Å². The number of hydrogen-bond donors (Lipinski definition) is 0. The molecule has 1 aliphatic rings. The van der Waals surface area contributed by atoms with Crippen molar-refractivity contribution in [2.45, 2.75) is 6.42 Å². The first kappa shape index (κ1) is 10.5. The van der Waals surface area contributed by atoms with Gasteiger partial charge in [-0.05, 0) is 22.8 Å². The Balaban J connectivity index is 2.14. The Bertz CT molecular complexity index is 607. The van der Waals surface area contributed by atoms with Crippen LogP contribution in [0.1, 0.15) is 11.1 Å². The van der Waals surface area contributed by atoms with Crippen LogP contribution in [-0.2, 0) is 17.8 Å². The van der Waals surface area contributed by atoms with Gasteiger partial charge in [0, 0.05) is 12.0 Å². The Morgan fingerprint density at radius 3 is 2.65 bits per heavy atom. The summed E-state index contributed by atoms with van der Waals surface area (Å²) >= 11 is -2.52. The van der Waals surface area contributed by atoms with E-state index in [-0.39, 0.29) is 0 Å². The first-order valence-electron chi connectivity index (χ1n) is 5.23. The Kier molecular flexibility index (Phi) is 2.46. The second-order valence-electron chi connectivity index (χ2n) is 3.90. The maximum absolute atomic E-state index is 10.6. The molecule has 0 spiro atoms. The molecule has 1 atom stereocenters. The molecule has 0 saturated heterocycles. The fourth-order valence-corrected chi connectivity index (χ4v) is 2.58. The van der Waals surface area contributed by atoms with Gasteiger partial charge in [-0.2, -0.15) is 0 Å². The number of rotatable bonds is 2. The van der Waals surface area contributed by atoms with Crippen LogP contribution in [0, 0.1) is 0 Å². The lowest BCUT2D eigenvalue weighted by molar-refractivity contribution is 0.439. The van der Waals surface area contributed by atoms with Gasteiger partial charge in [-0.3, -0.25) is 0 Å². The number of fused-ring (bicyclic) bond motifs is 3. The van der Waals surface area contributed by atoms with Crippen LogP contribution >= 0.6 is 0 Å². The van der Waals surface area contributed by atoms with Crippen LogP contribution in [0.4, 0.5) is 0 Å². The van der Waals surface area contributed by atoms with Crippen LogP contribution < -0.4 is 4.18 Å². The van der Waals surface area contributed by atoms with E-state index in [1.807, 2.05) is 36.4 Å². The zero-order valence-corrected chi connectivity index (χ0v) is 9.70. The first-order valence-corrected chi connectivity index (χ1v) is 6.23. The van der Waals surface area contributed by atoms with Crippen molar-refractivity contribution in [3.05, 3.63) is 53.6 Å². The molecular weight excluding hydrogens is 236 g/mol. The maximum Gasteiger partial charge on any atom is 0.143 e. The fraction of sp³-hybridized carbons (Fsp3) is 0.0769. The summed E-state index contributed by atoms with van der Waals surface area (Å²) in [7, 11) is 0. The minimum atomic E-state index is -2.52. The molecule has 86 valence electrons. The van der Waals surface area contributed by atoms with Gasteiger partial charge >= 0.3 is 0 Å². The second kappa shape index (κ2) is 3.98. The third-order valence-corrected chi connectivity index (χ3v) is 3.28. The van der Waals surface area contributed by atoms with Crippen LogP contribution in [0.3, 0.4) is 0 Å². The molecule has 3 rings (SSSR count). The molecule has 0 amide bonds. The highest BCUT2D eigenvalue weighted by molar-refractivity contribution is 7.74. The molecule has 2 aromatic carbocycles. The number of benzene rings is 2. The van der Waals surface area contributed by atoms with E-state index in [0.29, 0.717) is 5.75 Å². The molecule has 1 unspecified atom stereocenters. The second-order valence-corrected chi connectivity index (χ2v) is 4.48. The molecule has 3 nitrogen and oxygen atoms in total. The molecular formula is C13H9O3S-. The van der Waals surface area contributed by atoms with E-state index in [2.05, 4.69) is 0 Å². The Morgan fingerprint density at radius 2 is 1.82 bits per heavy atom. The van der Waals surface area contributed by atoms with Crippen molar-refractivity contribution in [3.8, 4) is 16.9 Å². The molecule has 1 aliphatic carbocycles. The summed E-state index contributed by atoms with van der Waals surface area (Å²) in [6.07, 6.45) is 0.721. The predicted molar refractivity (Wildman–Crippen MR) is 64.2 cm³/mol. The van der Waals surface area contributed by atoms with E-state index in [0.717, 1.165) is 23.1 Å². The summed E-state index contributed by atoms with van der Waals surface area (Å²) in [5.41, 5.74) is 4.36. The van der Waals surface area contributed by atoms with Crippen LogP contribution in [0.25, 0.3) is 11.1 Å². The number of hydrogen-bond acceptors (Lipinski definition) is 3. The third kappa shape index (κ3) is 1.75. The topological polar surface area (TPSA) is 49.4 Å². The van der Waals surface area contributed by atoms with Gasteiger partial charge in [0.25, 0.3) is 0 Å². The highest BCUT2D eigenvalue weighted by atomic mass is 32.2. The fourth-order valence-electron chi connectivity index (χ4n) is 2.28. The smallest absolute Gasteiger partial charge is 0.143 e. The molecule has 0 N–H and O–H groups in total. The van der Waals surface area contributed by atoms with Crippen molar-refractivity contribution >= 4 is 11.4 Å². The summed E-state index contributed by atoms with van der Waals surface area (Å²) in [4.78, 5) is 0. The standard InChI is InChI=1S/C13H10O3S/c14-17(15)16-13-7-3-6-11-10-5-2-1-4-9(10)8-12(11)13/h1-7H,8H2,(H,14,15)/p-1. The molecule has 0 aromatic heterocycles. The molecule has 0 saturated carbocycles. The Hall–Kier alpha value is -1.65. The Morgan fingerprint density at radius 1 is 1.06 bits per heavy atom. The van der Waals surface area contributed by atoms with Crippen LogP contribution in [0.5, 0.6) is 5.75 Å². The molecule has 0 aliphatic heterocycles. The molecule has 2 aromatic rings. The van der Waals surface area contributed by atoms with Gasteiger partial charge in [0.05, 0.1) is 0 Å². The molecule has 17 heavy (non-hydrogen) atoms. The summed E-state index contributed by atoms with van der Waals surface area (Å²) in [5.74, 6) is 0.423. The van der Waals surface area contributed by atoms with Crippen molar-refractivity contribution in [2.24, 2.45) is 0 Å². The van der Waals surface area contributed by atoms with E-state index in [9.17, 15) is 8.76 Å². The summed E-state index contributed by atoms with van der Waals surface area (Å²) < 4.78 is 26.0. The van der Waals surface area contributed by atoms with E-state index in [4.69, 9.17) is 4.18 Å². The largest absolute Gasteiger partial charge is 0.740 e.